The average molecular weight is 306 g/mol. The van der Waals surface area contributed by atoms with E-state index in [1.165, 1.54) is 11.3 Å². The third-order valence-electron chi connectivity index (χ3n) is 2.52. The van der Waals surface area contributed by atoms with Crippen LogP contribution in [0.4, 0.5) is 0 Å². The molecule has 0 aliphatic carbocycles. The fraction of sp³-hybridized carbons (Fsp3) is 0.133. The highest BCUT2D eigenvalue weighted by atomic mass is 35.5. The quantitative estimate of drug-likeness (QED) is 0.857. The Balaban J connectivity index is 1.94. The minimum atomic E-state index is -0.185. The molecule has 1 aromatic heterocycles. The predicted octanol–water partition coefficient (Wildman–Crippen LogP) is 2.68. The first-order valence-corrected chi connectivity index (χ1v) is 7.15. The molecule has 0 aliphatic rings. The Kier molecular flexibility index (Phi) is 5.19. The fourth-order valence-corrected chi connectivity index (χ4v) is 2.42. The van der Waals surface area contributed by atoms with E-state index in [0.29, 0.717) is 17.1 Å². The van der Waals surface area contributed by atoms with E-state index in [2.05, 4.69) is 17.2 Å². The number of carbonyl (C=O) groups is 1. The van der Waals surface area contributed by atoms with Gasteiger partial charge in [0.25, 0.3) is 5.91 Å². The minimum Gasteiger partial charge on any atom is -0.384 e. The van der Waals surface area contributed by atoms with Gasteiger partial charge in [0.1, 0.15) is 6.61 Å². The van der Waals surface area contributed by atoms with E-state index < -0.39 is 0 Å². The van der Waals surface area contributed by atoms with Crippen LogP contribution in [0.1, 0.15) is 20.8 Å². The molecule has 0 spiro atoms. The summed E-state index contributed by atoms with van der Waals surface area (Å²) in [5.41, 5.74) is 1.56. The molecule has 1 amide bonds. The van der Waals surface area contributed by atoms with Crippen LogP contribution in [0.15, 0.2) is 35.7 Å². The molecule has 2 N–H and O–H groups in total. The SMILES string of the molecule is O=C(NCc1ccc(Cl)cc1)c1csc(C#CCO)c1. The molecule has 0 atom stereocenters. The summed E-state index contributed by atoms with van der Waals surface area (Å²) in [4.78, 5) is 12.7. The number of aliphatic hydroxyl groups is 1. The molecule has 3 nitrogen and oxygen atoms in total. The van der Waals surface area contributed by atoms with Crippen molar-refractivity contribution < 1.29 is 9.90 Å². The first-order valence-electron chi connectivity index (χ1n) is 5.90. The Morgan fingerprint density at radius 1 is 1.35 bits per heavy atom. The number of nitrogens with one attached hydrogen (secondary N) is 1. The first kappa shape index (κ1) is 14.6. The Labute approximate surface area is 126 Å². The summed E-state index contributed by atoms with van der Waals surface area (Å²) in [6.07, 6.45) is 0. The van der Waals surface area contributed by atoms with Crippen LogP contribution in [0.3, 0.4) is 0 Å². The van der Waals surface area contributed by atoms with Gasteiger partial charge in [-0.1, -0.05) is 35.6 Å². The lowest BCUT2D eigenvalue weighted by molar-refractivity contribution is 0.0951. The molecular weight excluding hydrogens is 294 g/mol. The minimum absolute atomic E-state index is 0.145. The molecule has 0 saturated carbocycles. The van der Waals surface area contributed by atoms with E-state index in [1.807, 2.05) is 12.1 Å². The van der Waals surface area contributed by atoms with Crippen LogP contribution >= 0.6 is 22.9 Å². The molecule has 2 aromatic rings. The summed E-state index contributed by atoms with van der Waals surface area (Å²) in [5, 5.41) is 13.9. The number of hydrogen-bond acceptors (Lipinski definition) is 3. The number of thiophene rings is 1. The van der Waals surface area contributed by atoms with Crippen molar-refractivity contribution in [2.45, 2.75) is 6.54 Å². The number of aliphatic hydroxyl groups excluding tert-OH is 1. The van der Waals surface area contributed by atoms with Crippen LogP contribution in [-0.2, 0) is 6.54 Å². The van der Waals surface area contributed by atoms with Gasteiger partial charge in [0, 0.05) is 16.9 Å². The van der Waals surface area contributed by atoms with Gasteiger partial charge in [0.05, 0.1) is 10.4 Å². The number of benzene rings is 1. The molecule has 1 aromatic carbocycles. The second-order valence-corrected chi connectivity index (χ2v) is 5.32. The standard InChI is InChI=1S/C15H12ClNO2S/c16-13-5-3-11(4-6-13)9-17-15(19)12-8-14(20-10-12)2-1-7-18/h3-6,8,10,18H,7,9H2,(H,17,19). The fourth-order valence-electron chi connectivity index (χ4n) is 1.53. The van der Waals surface area contributed by atoms with Crippen molar-refractivity contribution >= 4 is 28.8 Å². The van der Waals surface area contributed by atoms with Crippen molar-refractivity contribution in [2.75, 3.05) is 6.61 Å². The van der Waals surface area contributed by atoms with Gasteiger partial charge >= 0.3 is 0 Å². The normalized spacial score (nSPS) is 9.70. The zero-order chi connectivity index (χ0) is 14.4. The van der Waals surface area contributed by atoms with E-state index in [4.69, 9.17) is 16.7 Å². The van der Waals surface area contributed by atoms with Gasteiger partial charge in [-0.3, -0.25) is 4.79 Å². The monoisotopic (exact) mass is 305 g/mol. The second kappa shape index (κ2) is 7.11. The maximum Gasteiger partial charge on any atom is 0.252 e. The molecule has 0 radical (unpaired) electrons. The third-order valence-corrected chi connectivity index (χ3v) is 3.62. The van der Waals surface area contributed by atoms with Crippen LogP contribution in [0, 0.1) is 11.8 Å². The highest BCUT2D eigenvalue weighted by Crippen LogP contribution is 2.14. The highest BCUT2D eigenvalue weighted by Gasteiger charge is 2.07. The van der Waals surface area contributed by atoms with Crippen molar-refractivity contribution in [1.82, 2.24) is 5.32 Å². The van der Waals surface area contributed by atoms with Gasteiger partial charge < -0.3 is 10.4 Å². The molecule has 1 heterocycles. The Morgan fingerprint density at radius 2 is 2.10 bits per heavy atom. The molecule has 0 saturated heterocycles. The summed E-state index contributed by atoms with van der Waals surface area (Å²) in [6.45, 7) is 0.263. The molecule has 0 fully saturated rings. The number of rotatable bonds is 3. The molecule has 5 heteroatoms. The van der Waals surface area contributed by atoms with E-state index in [0.717, 1.165) is 10.4 Å². The lowest BCUT2D eigenvalue weighted by Crippen LogP contribution is -2.22. The molecule has 0 aliphatic heterocycles. The van der Waals surface area contributed by atoms with Crippen LogP contribution < -0.4 is 5.32 Å². The zero-order valence-corrected chi connectivity index (χ0v) is 12.1. The zero-order valence-electron chi connectivity index (χ0n) is 10.5. The van der Waals surface area contributed by atoms with E-state index in [9.17, 15) is 4.79 Å². The topological polar surface area (TPSA) is 49.3 Å². The van der Waals surface area contributed by atoms with Crippen molar-refractivity contribution in [3.63, 3.8) is 0 Å². The lowest BCUT2D eigenvalue weighted by atomic mass is 10.2. The largest absolute Gasteiger partial charge is 0.384 e. The number of amides is 1. The maximum absolute atomic E-state index is 11.9. The Hall–Kier alpha value is -1.80. The molecular formula is C15H12ClNO2S. The number of carbonyl (C=O) groups excluding carboxylic acids is 1. The van der Waals surface area contributed by atoms with Gasteiger partial charge in [-0.25, -0.2) is 0 Å². The predicted molar refractivity (Wildman–Crippen MR) is 80.9 cm³/mol. The van der Waals surface area contributed by atoms with Crippen molar-refractivity contribution in [3.05, 3.63) is 56.7 Å². The summed E-state index contributed by atoms with van der Waals surface area (Å²) in [6, 6.07) is 9.03. The summed E-state index contributed by atoms with van der Waals surface area (Å²) in [5.74, 6) is 5.18. The van der Waals surface area contributed by atoms with Crippen molar-refractivity contribution in [1.29, 1.82) is 0 Å². The summed E-state index contributed by atoms with van der Waals surface area (Å²) < 4.78 is 0. The third kappa shape index (κ3) is 4.10. The number of hydrogen-bond donors (Lipinski definition) is 2. The molecule has 2 rings (SSSR count). The first-order chi connectivity index (χ1) is 9.69. The highest BCUT2D eigenvalue weighted by molar-refractivity contribution is 7.10. The second-order valence-electron chi connectivity index (χ2n) is 3.97. The maximum atomic E-state index is 11.9. The van der Waals surface area contributed by atoms with Gasteiger partial charge in [0.2, 0.25) is 0 Å². The van der Waals surface area contributed by atoms with E-state index in [-0.39, 0.29) is 12.5 Å². The summed E-state index contributed by atoms with van der Waals surface area (Å²) >= 11 is 7.18. The van der Waals surface area contributed by atoms with Gasteiger partial charge in [-0.15, -0.1) is 11.3 Å². The molecule has 0 unspecified atom stereocenters. The molecule has 20 heavy (non-hydrogen) atoms. The smallest absolute Gasteiger partial charge is 0.252 e. The van der Waals surface area contributed by atoms with Crippen molar-refractivity contribution in [2.24, 2.45) is 0 Å². The average Bonchev–Trinajstić information content (AvgIpc) is 2.93. The van der Waals surface area contributed by atoms with Crippen molar-refractivity contribution in [3.8, 4) is 11.8 Å². The van der Waals surface area contributed by atoms with E-state index in [1.54, 1.807) is 23.6 Å². The van der Waals surface area contributed by atoms with Crippen LogP contribution in [0.2, 0.25) is 5.02 Å². The van der Waals surface area contributed by atoms with Crippen LogP contribution in [0.25, 0.3) is 0 Å². The Bertz CT molecular complexity index is 653. The van der Waals surface area contributed by atoms with Crippen LogP contribution in [0.5, 0.6) is 0 Å². The molecule has 0 bridgehead atoms. The number of halogens is 1. The van der Waals surface area contributed by atoms with Gasteiger partial charge in [-0.05, 0) is 23.8 Å². The summed E-state index contributed by atoms with van der Waals surface area (Å²) in [7, 11) is 0. The molecule has 102 valence electrons. The van der Waals surface area contributed by atoms with Crippen LogP contribution in [-0.4, -0.2) is 17.6 Å². The Morgan fingerprint density at radius 3 is 2.80 bits per heavy atom. The van der Waals surface area contributed by atoms with Gasteiger partial charge in [0.15, 0.2) is 0 Å². The van der Waals surface area contributed by atoms with Gasteiger partial charge in [-0.2, -0.15) is 0 Å². The van der Waals surface area contributed by atoms with E-state index >= 15 is 0 Å². The lowest BCUT2D eigenvalue weighted by Gasteiger charge is -2.03.